The summed E-state index contributed by atoms with van der Waals surface area (Å²) in [6.07, 6.45) is 0. The molecule has 0 N–H and O–H groups in total. The van der Waals surface area contributed by atoms with Crippen LogP contribution in [0.25, 0.3) is 11.0 Å². The first-order valence-corrected chi connectivity index (χ1v) is 9.30. The Hall–Kier alpha value is -3.72. The second-order valence-electron chi connectivity index (χ2n) is 6.85. The monoisotopic (exact) mass is 410 g/mol. The number of non-ortho nitro benzene ring substituents is 1. The Morgan fingerprint density at radius 2 is 1.90 bits per heavy atom. The fraction of sp³-hybridized carbons (Fsp3) is 0.238. The van der Waals surface area contributed by atoms with Gasteiger partial charge in [0.05, 0.1) is 29.4 Å². The summed E-state index contributed by atoms with van der Waals surface area (Å²) in [7, 11) is 0. The number of aryl methyl sites for hydroxylation is 1. The number of nitrogens with zero attached hydrogens (tertiary/aromatic N) is 2. The molecule has 1 saturated heterocycles. The highest BCUT2D eigenvalue weighted by molar-refractivity contribution is 5.98. The number of ether oxygens (including phenoxy) is 2. The Morgan fingerprint density at radius 3 is 2.63 bits per heavy atom. The van der Waals surface area contributed by atoms with Gasteiger partial charge in [-0.15, -0.1) is 0 Å². The van der Waals surface area contributed by atoms with E-state index < -0.39 is 16.5 Å². The first-order valence-electron chi connectivity index (χ1n) is 9.30. The number of fused-ring (bicyclic) bond motifs is 1. The zero-order valence-corrected chi connectivity index (χ0v) is 16.1. The number of hydrogen-bond donors (Lipinski definition) is 0. The highest BCUT2D eigenvalue weighted by Gasteiger charge is 2.23. The fourth-order valence-electron chi connectivity index (χ4n) is 3.41. The smallest absolute Gasteiger partial charge is 0.345 e. The van der Waals surface area contributed by atoms with Crippen LogP contribution in [-0.2, 0) is 4.74 Å². The van der Waals surface area contributed by atoms with Gasteiger partial charge in [0.25, 0.3) is 5.69 Å². The molecule has 0 unspecified atom stereocenters. The van der Waals surface area contributed by atoms with E-state index in [2.05, 4.69) is 0 Å². The van der Waals surface area contributed by atoms with Crippen LogP contribution in [0.2, 0.25) is 0 Å². The zero-order valence-electron chi connectivity index (χ0n) is 16.1. The lowest BCUT2D eigenvalue weighted by atomic mass is 10.1. The van der Waals surface area contributed by atoms with Gasteiger partial charge in [0.2, 0.25) is 0 Å². The van der Waals surface area contributed by atoms with E-state index in [0.717, 1.165) is 10.9 Å². The number of carbonyl (C=O) groups excluding carboxylic acids is 1. The van der Waals surface area contributed by atoms with Crippen LogP contribution in [0, 0.1) is 17.0 Å². The predicted molar refractivity (Wildman–Crippen MR) is 108 cm³/mol. The number of morpholine rings is 1. The van der Waals surface area contributed by atoms with Gasteiger partial charge in [-0.2, -0.15) is 0 Å². The van der Waals surface area contributed by atoms with Gasteiger partial charge < -0.3 is 18.8 Å². The largest absolute Gasteiger partial charge is 0.423 e. The minimum Gasteiger partial charge on any atom is -0.423 e. The highest BCUT2D eigenvalue weighted by atomic mass is 16.6. The summed E-state index contributed by atoms with van der Waals surface area (Å²) >= 11 is 0. The minimum atomic E-state index is -0.741. The Kier molecular flexibility index (Phi) is 5.20. The number of carbonyl (C=O) groups is 1. The molecule has 3 aromatic rings. The molecule has 0 spiro atoms. The topological polar surface area (TPSA) is 112 Å². The number of nitro groups is 1. The van der Waals surface area contributed by atoms with E-state index >= 15 is 0 Å². The summed E-state index contributed by atoms with van der Waals surface area (Å²) in [5.41, 5.74) is 0.940. The molecular formula is C21H18N2O7. The van der Waals surface area contributed by atoms with E-state index in [0.29, 0.717) is 32.0 Å². The molecule has 0 saturated carbocycles. The van der Waals surface area contributed by atoms with Crippen molar-refractivity contribution in [1.29, 1.82) is 0 Å². The van der Waals surface area contributed by atoms with Gasteiger partial charge in [0.15, 0.2) is 0 Å². The molecule has 1 aliphatic heterocycles. The summed E-state index contributed by atoms with van der Waals surface area (Å²) < 4.78 is 16.0. The van der Waals surface area contributed by atoms with Gasteiger partial charge in [-0.05, 0) is 30.7 Å². The Balaban J connectivity index is 1.69. The Labute approximate surface area is 170 Å². The van der Waals surface area contributed by atoms with Crippen molar-refractivity contribution < 1.29 is 23.6 Å². The van der Waals surface area contributed by atoms with Gasteiger partial charge in [-0.1, -0.05) is 0 Å². The van der Waals surface area contributed by atoms with Crippen LogP contribution in [-0.4, -0.2) is 37.2 Å². The molecule has 0 aliphatic carbocycles. The lowest BCUT2D eigenvalue weighted by Gasteiger charge is -2.30. The molecule has 9 nitrogen and oxygen atoms in total. The molecule has 4 rings (SSSR count). The van der Waals surface area contributed by atoms with E-state index in [9.17, 15) is 19.7 Å². The molecule has 0 atom stereocenters. The highest BCUT2D eigenvalue weighted by Crippen LogP contribution is 2.29. The molecule has 1 fully saturated rings. The van der Waals surface area contributed by atoms with Crippen LogP contribution in [0.5, 0.6) is 5.75 Å². The molecule has 2 aromatic carbocycles. The maximum absolute atomic E-state index is 12.9. The number of anilines is 1. The molecule has 9 heteroatoms. The van der Waals surface area contributed by atoms with Crippen molar-refractivity contribution in [3.8, 4) is 5.75 Å². The fourth-order valence-corrected chi connectivity index (χ4v) is 3.41. The lowest BCUT2D eigenvalue weighted by molar-refractivity contribution is -0.384. The van der Waals surface area contributed by atoms with Gasteiger partial charge in [-0.3, -0.25) is 10.1 Å². The Morgan fingerprint density at radius 1 is 1.13 bits per heavy atom. The van der Waals surface area contributed by atoms with Crippen molar-refractivity contribution in [3.05, 3.63) is 74.1 Å². The van der Waals surface area contributed by atoms with Crippen molar-refractivity contribution in [3.63, 3.8) is 0 Å². The van der Waals surface area contributed by atoms with Crippen molar-refractivity contribution in [1.82, 2.24) is 0 Å². The van der Waals surface area contributed by atoms with Crippen LogP contribution >= 0.6 is 0 Å². The average Bonchev–Trinajstić information content (AvgIpc) is 2.73. The van der Waals surface area contributed by atoms with Crippen LogP contribution in [0.15, 0.2) is 51.7 Å². The molecule has 1 aromatic heterocycles. The van der Waals surface area contributed by atoms with E-state index in [1.54, 1.807) is 25.1 Å². The SMILES string of the molecule is Cc1cc(=O)oc2cc(OC(=O)c3cc([N+](=O)[O-])ccc3N3CCOCC3)ccc12. The Bertz CT molecular complexity index is 1200. The van der Waals surface area contributed by atoms with Gasteiger partial charge in [0.1, 0.15) is 11.3 Å². The number of nitro benzene ring substituents is 1. The second kappa shape index (κ2) is 7.96. The zero-order chi connectivity index (χ0) is 21.3. The molecule has 0 radical (unpaired) electrons. The second-order valence-corrected chi connectivity index (χ2v) is 6.85. The summed E-state index contributed by atoms with van der Waals surface area (Å²) in [5.74, 6) is -0.574. The predicted octanol–water partition coefficient (Wildman–Crippen LogP) is 3.07. The van der Waals surface area contributed by atoms with E-state index in [1.807, 2.05) is 4.90 Å². The quantitative estimate of drug-likeness (QED) is 0.212. The standard InChI is InChI=1S/C21H18N2O7/c1-13-10-20(24)30-19-12-15(3-4-16(13)19)29-21(25)17-11-14(23(26)27)2-5-18(17)22-6-8-28-9-7-22/h2-5,10-12H,6-9H2,1H3. The van der Waals surface area contributed by atoms with Crippen molar-refractivity contribution >= 4 is 28.3 Å². The van der Waals surface area contributed by atoms with E-state index in [-0.39, 0.29) is 22.6 Å². The average molecular weight is 410 g/mol. The third-order valence-corrected chi connectivity index (χ3v) is 4.90. The molecule has 2 heterocycles. The van der Waals surface area contributed by atoms with E-state index in [4.69, 9.17) is 13.9 Å². The van der Waals surface area contributed by atoms with Crippen LogP contribution in [0.3, 0.4) is 0 Å². The summed E-state index contributed by atoms with van der Waals surface area (Å²) in [6.45, 7) is 3.88. The third-order valence-electron chi connectivity index (χ3n) is 4.90. The van der Waals surface area contributed by atoms with Crippen LogP contribution in [0.1, 0.15) is 15.9 Å². The van der Waals surface area contributed by atoms with Crippen molar-refractivity contribution in [2.45, 2.75) is 6.92 Å². The molecule has 1 aliphatic rings. The van der Waals surface area contributed by atoms with Gasteiger partial charge in [0, 0.05) is 42.7 Å². The van der Waals surface area contributed by atoms with Gasteiger partial charge in [-0.25, -0.2) is 9.59 Å². The minimum absolute atomic E-state index is 0.0805. The molecule has 0 bridgehead atoms. The van der Waals surface area contributed by atoms with Gasteiger partial charge >= 0.3 is 11.6 Å². The van der Waals surface area contributed by atoms with E-state index in [1.165, 1.54) is 24.3 Å². The first kappa shape index (κ1) is 19.6. The first-order chi connectivity index (χ1) is 14.4. The number of hydrogen-bond acceptors (Lipinski definition) is 8. The lowest BCUT2D eigenvalue weighted by Crippen LogP contribution is -2.37. The molecular weight excluding hydrogens is 392 g/mol. The van der Waals surface area contributed by atoms with Crippen molar-refractivity contribution in [2.24, 2.45) is 0 Å². The maximum Gasteiger partial charge on any atom is 0.345 e. The number of rotatable bonds is 4. The van der Waals surface area contributed by atoms with Crippen molar-refractivity contribution in [2.75, 3.05) is 31.2 Å². The maximum atomic E-state index is 12.9. The summed E-state index contributed by atoms with van der Waals surface area (Å²) in [5, 5.41) is 11.9. The number of esters is 1. The summed E-state index contributed by atoms with van der Waals surface area (Å²) in [6, 6.07) is 10.2. The molecule has 0 amide bonds. The molecule has 30 heavy (non-hydrogen) atoms. The number of benzene rings is 2. The third kappa shape index (κ3) is 3.87. The van der Waals surface area contributed by atoms with Crippen LogP contribution in [0.4, 0.5) is 11.4 Å². The molecule has 154 valence electrons. The van der Waals surface area contributed by atoms with Crippen LogP contribution < -0.4 is 15.3 Å². The normalized spacial score (nSPS) is 14.0. The summed E-state index contributed by atoms with van der Waals surface area (Å²) in [4.78, 5) is 37.1.